The predicted molar refractivity (Wildman–Crippen MR) is 88.4 cm³/mol. The average Bonchev–Trinajstić information content (AvgIpc) is 2.85. The Balaban J connectivity index is 2.42. The number of allylic oxidation sites excluding steroid dienone is 1. The lowest BCUT2D eigenvalue weighted by Crippen LogP contribution is -2.30. The molecular formula is C18H23NO4. The normalized spacial score (nSPS) is 20.2. The molecule has 0 aromatic heterocycles. The van der Waals surface area contributed by atoms with Crippen LogP contribution in [0, 0.1) is 0 Å². The van der Waals surface area contributed by atoms with E-state index in [-0.39, 0.29) is 12.4 Å². The lowest BCUT2D eigenvalue weighted by molar-refractivity contribution is -0.153. The van der Waals surface area contributed by atoms with Crippen LogP contribution in [0.3, 0.4) is 0 Å². The molecule has 5 nitrogen and oxygen atoms in total. The lowest BCUT2D eigenvalue weighted by atomic mass is 9.85. The van der Waals surface area contributed by atoms with E-state index >= 15 is 0 Å². The summed E-state index contributed by atoms with van der Waals surface area (Å²) in [5.74, 6) is -0.458. The molecule has 1 heterocycles. The number of anilines is 1. The Bertz CT molecular complexity index is 631. The number of carbonyl (C=O) groups excluding carboxylic acids is 2. The third kappa shape index (κ3) is 3.38. The van der Waals surface area contributed by atoms with Gasteiger partial charge in [-0.1, -0.05) is 12.1 Å². The van der Waals surface area contributed by atoms with E-state index in [1.54, 1.807) is 13.8 Å². The van der Waals surface area contributed by atoms with Crippen molar-refractivity contribution < 1.29 is 19.1 Å². The van der Waals surface area contributed by atoms with Gasteiger partial charge in [0.25, 0.3) is 0 Å². The second-order valence-electron chi connectivity index (χ2n) is 5.78. The molecule has 0 unspecified atom stereocenters. The predicted octanol–water partition coefficient (Wildman–Crippen LogP) is 2.66. The molecule has 0 saturated heterocycles. The topological polar surface area (TPSA) is 55.8 Å². The van der Waals surface area contributed by atoms with Gasteiger partial charge in [0.15, 0.2) is 5.78 Å². The Hall–Kier alpha value is -2.30. The van der Waals surface area contributed by atoms with Gasteiger partial charge in [-0.25, -0.2) is 4.79 Å². The number of nitrogens with zero attached hydrogens (tertiary/aromatic N) is 1. The molecule has 2 rings (SSSR count). The molecule has 0 saturated carbocycles. The SMILES string of the molecule is CCOC(=O)[C@H]1OC(C)=C(C(C)=O)[C@@H]1c1ccc(N(C)C)cc1. The van der Waals surface area contributed by atoms with E-state index in [1.807, 2.05) is 43.3 Å². The molecule has 0 radical (unpaired) electrons. The molecule has 0 fully saturated rings. The minimum absolute atomic E-state index is 0.0871. The summed E-state index contributed by atoms with van der Waals surface area (Å²) in [5.41, 5.74) is 2.46. The average molecular weight is 317 g/mol. The van der Waals surface area contributed by atoms with Gasteiger partial charge in [-0.05, 0) is 38.5 Å². The molecule has 0 spiro atoms. The summed E-state index contributed by atoms with van der Waals surface area (Å²) in [6.45, 7) is 5.24. The number of hydrogen-bond acceptors (Lipinski definition) is 5. The van der Waals surface area contributed by atoms with E-state index in [0.29, 0.717) is 11.3 Å². The van der Waals surface area contributed by atoms with Gasteiger partial charge >= 0.3 is 5.97 Å². The molecule has 0 aliphatic carbocycles. The van der Waals surface area contributed by atoms with Crippen molar-refractivity contribution in [1.82, 2.24) is 0 Å². The summed E-state index contributed by atoms with van der Waals surface area (Å²) in [4.78, 5) is 26.3. The molecule has 1 aromatic rings. The van der Waals surface area contributed by atoms with Crippen molar-refractivity contribution in [3.8, 4) is 0 Å². The molecule has 5 heteroatoms. The molecule has 23 heavy (non-hydrogen) atoms. The zero-order chi connectivity index (χ0) is 17.1. The van der Waals surface area contributed by atoms with Crippen molar-refractivity contribution in [1.29, 1.82) is 0 Å². The number of Topliss-reactive ketones (excluding diaryl/α,β-unsaturated/α-hetero) is 1. The first-order valence-electron chi connectivity index (χ1n) is 7.69. The fourth-order valence-corrected chi connectivity index (χ4v) is 2.89. The highest BCUT2D eigenvalue weighted by molar-refractivity contribution is 5.97. The maximum atomic E-state index is 12.2. The molecule has 1 aliphatic heterocycles. The fourth-order valence-electron chi connectivity index (χ4n) is 2.89. The highest BCUT2D eigenvalue weighted by atomic mass is 16.6. The lowest BCUT2D eigenvalue weighted by Gasteiger charge is -2.20. The van der Waals surface area contributed by atoms with Crippen molar-refractivity contribution in [2.24, 2.45) is 0 Å². The summed E-state index contributed by atoms with van der Waals surface area (Å²) in [7, 11) is 3.92. The van der Waals surface area contributed by atoms with Crippen LogP contribution in [0.1, 0.15) is 32.3 Å². The van der Waals surface area contributed by atoms with Crippen LogP contribution in [0.2, 0.25) is 0 Å². The third-order valence-corrected chi connectivity index (χ3v) is 3.96. The van der Waals surface area contributed by atoms with E-state index in [0.717, 1.165) is 11.3 Å². The maximum absolute atomic E-state index is 12.2. The number of benzene rings is 1. The second kappa shape index (κ2) is 6.86. The van der Waals surface area contributed by atoms with Crippen molar-refractivity contribution >= 4 is 17.4 Å². The van der Waals surface area contributed by atoms with Crippen LogP contribution in [0.4, 0.5) is 5.69 Å². The van der Waals surface area contributed by atoms with E-state index in [4.69, 9.17) is 9.47 Å². The van der Waals surface area contributed by atoms with Crippen LogP contribution in [0.5, 0.6) is 0 Å². The molecule has 0 bridgehead atoms. The number of ketones is 1. The van der Waals surface area contributed by atoms with Crippen molar-refractivity contribution in [2.75, 3.05) is 25.6 Å². The van der Waals surface area contributed by atoms with Crippen LogP contribution in [-0.4, -0.2) is 38.6 Å². The number of carbonyl (C=O) groups is 2. The Kier molecular flexibility index (Phi) is 5.08. The van der Waals surface area contributed by atoms with Crippen LogP contribution < -0.4 is 4.90 Å². The van der Waals surface area contributed by atoms with E-state index in [2.05, 4.69) is 0 Å². The number of hydrogen-bond donors (Lipinski definition) is 0. The van der Waals surface area contributed by atoms with Gasteiger partial charge in [0, 0.05) is 25.4 Å². The third-order valence-electron chi connectivity index (χ3n) is 3.96. The van der Waals surface area contributed by atoms with E-state index in [1.165, 1.54) is 6.92 Å². The van der Waals surface area contributed by atoms with Crippen molar-refractivity contribution in [3.63, 3.8) is 0 Å². The van der Waals surface area contributed by atoms with Gasteiger partial charge in [0.05, 0.1) is 12.5 Å². The largest absolute Gasteiger partial charge is 0.482 e. The number of esters is 1. The molecule has 124 valence electrons. The van der Waals surface area contributed by atoms with Gasteiger partial charge in [-0.3, -0.25) is 4.79 Å². The molecule has 1 aliphatic rings. The highest BCUT2D eigenvalue weighted by Crippen LogP contribution is 2.40. The monoisotopic (exact) mass is 317 g/mol. The summed E-state index contributed by atoms with van der Waals surface area (Å²) in [6.07, 6.45) is -0.806. The molecule has 1 aromatic carbocycles. The molecule has 2 atom stereocenters. The van der Waals surface area contributed by atoms with Gasteiger partial charge in [-0.2, -0.15) is 0 Å². The summed E-state index contributed by atoms with van der Waals surface area (Å²) < 4.78 is 10.8. The zero-order valence-electron chi connectivity index (χ0n) is 14.3. The fraction of sp³-hybridized carbons (Fsp3) is 0.444. The summed E-state index contributed by atoms with van der Waals surface area (Å²) >= 11 is 0. The minimum Gasteiger partial charge on any atom is -0.482 e. The maximum Gasteiger partial charge on any atom is 0.348 e. The second-order valence-corrected chi connectivity index (χ2v) is 5.78. The van der Waals surface area contributed by atoms with Gasteiger partial charge in [-0.15, -0.1) is 0 Å². The quantitative estimate of drug-likeness (QED) is 0.782. The molecular weight excluding hydrogens is 294 g/mol. The zero-order valence-corrected chi connectivity index (χ0v) is 14.3. The first kappa shape index (κ1) is 17.1. The van der Waals surface area contributed by atoms with Crippen molar-refractivity contribution in [3.05, 3.63) is 41.2 Å². The van der Waals surface area contributed by atoms with E-state index < -0.39 is 18.0 Å². The van der Waals surface area contributed by atoms with Crippen LogP contribution >= 0.6 is 0 Å². The van der Waals surface area contributed by atoms with Gasteiger partial charge in [0.2, 0.25) is 6.10 Å². The number of rotatable bonds is 5. The Labute approximate surface area is 136 Å². The van der Waals surface area contributed by atoms with Gasteiger partial charge < -0.3 is 14.4 Å². The van der Waals surface area contributed by atoms with Crippen LogP contribution in [0.25, 0.3) is 0 Å². The Morgan fingerprint density at radius 2 is 1.83 bits per heavy atom. The molecule has 0 N–H and O–H groups in total. The number of ether oxygens (including phenoxy) is 2. The van der Waals surface area contributed by atoms with Crippen LogP contribution in [-0.2, 0) is 19.1 Å². The van der Waals surface area contributed by atoms with Gasteiger partial charge in [0.1, 0.15) is 5.76 Å². The van der Waals surface area contributed by atoms with E-state index in [9.17, 15) is 9.59 Å². The Morgan fingerprint density at radius 1 is 1.22 bits per heavy atom. The standard InChI is InChI=1S/C18H23NO4/c1-6-22-18(21)17-16(15(11(2)20)12(3)23-17)13-7-9-14(10-8-13)19(4)5/h7-10,16-17H,6H2,1-5H3/t16-,17-/m0/s1. The smallest absolute Gasteiger partial charge is 0.348 e. The molecule has 0 amide bonds. The minimum atomic E-state index is -0.806. The summed E-state index contributed by atoms with van der Waals surface area (Å²) in [5, 5.41) is 0. The summed E-state index contributed by atoms with van der Waals surface area (Å²) in [6, 6.07) is 7.78. The first-order chi connectivity index (χ1) is 10.9. The first-order valence-corrected chi connectivity index (χ1v) is 7.69. The highest BCUT2D eigenvalue weighted by Gasteiger charge is 2.43. The Morgan fingerprint density at radius 3 is 2.30 bits per heavy atom. The van der Waals surface area contributed by atoms with Crippen molar-refractivity contribution in [2.45, 2.75) is 32.8 Å². The van der Waals surface area contributed by atoms with Crippen LogP contribution in [0.15, 0.2) is 35.6 Å².